The molecule has 1 aliphatic carbocycles. The zero-order valence-electron chi connectivity index (χ0n) is 17.7. The van der Waals surface area contributed by atoms with Crippen LogP contribution in [0, 0.1) is 16.7 Å². The number of nitriles is 1. The first-order valence-electron chi connectivity index (χ1n) is 10.6. The fraction of sp³-hybridized carbons (Fsp3) is 0.304. The molecule has 1 aromatic carbocycles. The minimum Gasteiger partial charge on any atom is -0.410 e. The molecule has 166 valence electrons. The van der Waals surface area contributed by atoms with Crippen molar-refractivity contribution >= 4 is 35.1 Å². The van der Waals surface area contributed by atoms with Gasteiger partial charge in [-0.1, -0.05) is 12.1 Å². The predicted molar refractivity (Wildman–Crippen MR) is 119 cm³/mol. The van der Waals surface area contributed by atoms with Crippen LogP contribution < -0.4 is 4.90 Å². The first-order chi connectivity index (χ1) is 16.0. The fourth-order valence-electron chi connectivity index (χ4n) is 4.55. The Kier molecular flexibility index (Phi) is 5.01. The molecule has 10 heteroatoms. The van der Waals surface area contributed by atoms with Gasteiger partial charge >= 0.3 is 5.97 Å². The van der Waals surface area contributed by atoms with Gasteiger partial charge in [0.2, 0.25) is 5.91 Å². The average molecular weight is 443 g/mol. The third-order valence-corrected chi connectivity index (χ3v) is 6.28. The number of anilines is 1. The quantitative estimate of drug-likeness (QED) is 0.349. The molecule has 2 aromatic heterocycles. The molecule has 1 saturated carbocycles. The van der Waals surface area contributed by atoms with Crippen LogP contribution in [0.5, 0.6) is 0 Å². The lowest BCUT2D eigenvalue weighted by atomic mass is 10.0. The number of carbonyl (C=O) groups is 2. The van der Waals surface area contributed by atoms with Gasteiger partial charge in [0.05, 0.1) is 29.0 Å². The van der Waals surface area contributed by atoms with E-state index in [-0.39, 0.29) is 23.6 Å². The number of piperazine rings is 1. The first kappa shape index (κ1) is 20.6. The Bertz CT molecular complexity index is 1300. The second-order valence-electron chi connectivity index (χ2n) is 8.35. The van der Waals surface area contributed by atoms with Crippen molar-refractivity contribution in [2.75, 3.05) is 24.5 Å². The molecule has 0 radical (unpaired) electrons. The van der Waals surface area contributed by atoms with Gasteiger partial charge in [0.15, 0.2) is 6.40 Å². The van der Waals surface area contributed by atoms with Crippen molar-refractivity contribution in [1.82, 2.24) is 19.9 Å². The molecule has 0 atom stereocenters. The molecule has 1 saturated heterocycles. The molecule has 0 bridgehead atoms. The van der Waals surface area contributed by atoms with Crippen LogP contribution in [-0.4, -0.2) is 63.3 Å². The maximum Gasteiger partial charge on any atom is 0.361 e. The van der Waals surface area contributed by atoms with Gasteiger partial charge in [-0.3, -0.25) is 10.2 Å². The third-order valence-electron chi connectivity index (χ3n) is 6.28. The van der Waals surface area contributed by atoms with E-state index >= 15 is 0 Å². The molecular weight excluding hydrogens is 422 g/mol. The summed E-state index contributed by atoms with van der Waals surface area (Å²) in [6, 6.07) is 10.9. The summed E-state index contributed by atoms with van der Waals surface area (Å²) in [6.07, 6.45) is 4.14. The maximum absolute atomic E-state index is 13.1. The summed E-state index contributed by atoms with van der Waals surface area (Å²) >= 11 is 0. The number of H-pyrrole nitrogens is 1. The molecule has 2 aliphatic rings. The highest BCUT2D eigenvalue weighted by Gasteiger charge is 2.53. The number of aromatic nitrogens is 3. The summed E-state index contributed by atoms with van der Waals surface area (Å²) in [5.41, 5.74) is 1.88. The number of nitrogens with one attached hydrogen (secondary N) is 2. The number of aromatic amines is 1. The van der Waals surface area contributed by atoms with Gasteiger partial charge in [0.1, 0.15) is 23.5 Å². The van der Waals surface area contributed by atoms with Crippen LogP contribution in [0.1, 0.15) is 34.5 Å². The molecule has 2 fully saturated rings. The van der Waals surface area contributed by atoms with E-state index in [0.717, 1.165) is 18.4 Å². The zero-order chi connectivity index (χ0) is 23.0. The van der Waals surface area contributed by atoms with E-state index < -0.39 is 5.97 Å². The van der Waals surface area contributed by atoms with Gasteiger partial charge in [-0.25, -0.2) is 14.8 Å². The van der Waals surface area contributed by atoms with Gasteiger partial charge < -0.3 is 19.5 Å². The largest absolute Gasteiger partial charge is 0.410 e. The van der Waals surface area contributed by atoms with Crippen LogP contribution in [0.25, 0.3) is 11.0 Å². The maximum atomic E-state index is 13.1. The van der Waals surface area contributed by atoms with Crippen molar-refractivity contribution < 1.29 is 14.3 Å². The SMILES string of the molecule is N#Cc1cccc(CC(=O)N2CCN(c3ncnc4[nH]c(C(=O)OC=N)cc34)CC23CC3)c1. The Morgan fingerprint density at radius 3 is 2.88 bits per heavy atom. The molecule has 1 spiro atoms. The number of carbonyl (C=O) groups excluding carboxylic acids is 2. The van der Waals surface area contributed by atoms with Crippen molar-refractivity contribution in [3.63, 3.8) is 0 Å². The van der Waals surface area contributed by atoms with Crippen LogP contribution in [-0.2, 0) is 16.0 Å². The fourth-order valence-corrected chi connectivity index (χ4v) is 4.55. The average Bonchev–Trinajstić information content (AvgIpc) is 3.42. The summed E-state index contributed by atoms with van der Waals surface area (Å²) < 4.78 is 4.64. The molecule has 2 N–H and O–H groups in total. The van der Waals surface area contributed by atoms with Crippen LogP contribution in [0.15, 0.2) is 36.7 Å². The molecule has 1 aliphatic heterocycles. The molecule has 3 aromatic rings. The minimum atomic E-state index is -0.663. The van der Waals surface area contributed by atoms with Crippen LogP contribution in [0.3, 0.4) is 0 Å². The van der Waals surface area contributed by atoms with Crippen molar-refractivity contribution in [3.8, 4) is 6.07 Å². The molecule has 33 heavy (non-hydrogen) atoms. The molecule has 5 rings (SSSR count). The van der Waals surface area contributed by atoms with E-state index in [9.17, 15) is 9.59 Å². The number of fused-ring (bicyclic) bond motifs is 1. The lowest BCUT2D eigenvalue weighted by molar-refractivity contribution is -0.134. The molecule has 1 amide bonds. The molecular formula is C23H21N7O3. The number of hydrogen-bond acceptors (Lipinski definition) is 8. The van der Waals surface area contributed by atoms with Crippen molar-refractivity contribution in [1.29, 1.82) is 10.7 Å². The van der Waals surface area contributed by atoms with Gasteiger partial charge in [-0.05, 0) is 36.6 Å². The van der Waals surface area contributed by atoms with Crippen molar-refractivity contribution in [2.45, 2.75) is 24.8 Å². The molecule has 3 heterocycles. The molecule has 0 unspecified atom stereocenters. The van der Waals surface area contributed by atoms with Gasteiger partial charge in [-0.2, -0.15) is 5.26 Å². The first-order valence-corrected chi connectivity index (χ1v) is 10.6. The van der Waals surface area contributed by atoms with Gasteiger partial charge in [0.25, 0.3) is 0 Å². The summed E-state index contributed by atoms with van der Waals surface area (Å²) in [4.78, 5) is 40.8. The monoisotopic (exact) mass is 443 g/mol. The number of hydrogen-bond donors (Lipinski definition) is 2. The summed E-state index contributed by atoms with van der Waals surface area (Å²) in [5.74, 6) is 0.0992. The standard InChI is InChI=1S/C23H21N7O3/c24-11-16-3-1-2-15(8-16)9-19(31)30-7-6-29(12-23(30)4-5-23)21-17-10-18(22(32)33-13-25)28-20(17)26-14-27-21/h1-3,8,10,13-14,25H,4-7,9,12H2,(H,26,27,28). The smallest absolute Gasteiger partial charge is 0.361 e. The Morgan fingerprint density at radius 2 is 2.12 bits per heavy atom. The van der Waals surface area contributed by atoms with E-state index in [4.69, 9.17) is 10.7 Å². The van der Waals surface area contributed by atoms with Crippen LogP contribution in [0.2, 0.25) is 0 Å². The number of esters is 1. The summed E-state index contributed by atoms with van der Waals surface area (Å²) in [6.45, 7) is 1.81. The Balaban J connectivity index is 1.35. The number of nitrogens with zero attached hydrogens (tertiary/aromatic N) is 5. The Hall–Kier alpha value is -4.26. The normalized spacial score (nSPS) is 16.5. The number of rotatable bonds is 5. The second kappa shape index (κ2) is 8.02. The summed E-state index contributed by atoms with van der Waals surface area (Å²) in [7, 11) is 0. The third kappa shape index (κ3) is 3.78. The number of benzene rings is 1. The van der Waals surface area contributed by atoms with E-state index in [1.807, 2.05) is 11.0 Å². The van der Waals surface area contributed by atoms with E-state index in [1.165, 1.54) is 6.33 Å². The summed E-state index contributed by atoms with van der Waals surface area (Å²) in [5, 5.41) is 16.8. The number of amides is 1. The minimum absolute atomic E-state index is 0.0633. The molecule has 10 nitrogen and oxygen atoms in total. The Labute approximate surface area is 189 Å². The highest BCUT2D eigenvalue weighted by atomic mass is 16.5. The van der Waals surface area contributed by atoms with Gasteiger partial charge in [0, 0.05) is 19.6 Å². The predicted octanol–water partition coefficient (Wildman–Crippen LogP) is 2.02. The van der Waals surface area contributed by atoms with E-state index in [0.29, 0.717) is 48.4 Å². The zero-order valence-corrected chi connectivity index (χ0v) is 17.7. The van der Waals surface area contributed by atoms with Crippen LogP contribution in [0.4, 0.5) is 5.82 Å². The van der Waals surface area contributed by atoms with E-state index in [1.54, 1.807) is 24.3 Å². The topological polar surface area (TPSA) is 139 Å². The lowest BCUT2D eigenvalue weighted by Gasteiger charge is -2.43. The van der Waals surface area contributed by atoms with Crippen molar-refractivity contribution in [3.05, 3.63) is 53.5 Å². The van der Waals surface area contributed by atoms with E-state index in [2.05, 4.69) is 30.7 Å². The highest BCUT2D eigenvalue weighted by Crippen LogP contribution is 2.45. The van der Waals surface area contributed by atoms with Crippen molar-refractivity contribution in [2.24, 2.45) is 0 Å². The second-order valence-corrected chi connectivity index (χ2v) is 8.35. The lowest BCUT2D eigenvalue weighted by Crippen LogP contribution is -2.57. The highest BCUT2D eigenvalue weighted by molar-refractivity contribution is 5.99. The van der Waals surface area contributed by atoms with Crippen LogP contribution >= 0.6 is 0 Å². The Morgan fingerprint density at radius 1 is 1.27 bits per heavy atom. The number of ether oxygens (including phenoxy) is 1. The van der Waals surface area contributed by atoms with Gasteiger partial charge in [-0.15, -0.1) is 0 Å².